The van der Waals surface area contributed by atoms with Crippen LogP contribution in [0.25, 0.3) is 0 Å². The fourth-order valence-electron chi connectivity index (χ4n) is 1.85. The maximum absolute atomic E-state index is 11.5. The summed E-state index contributed by atoms with van der Waals surface area (Å²) in [7, 11) is 0. The van der Waals surface area contributed by atoms with Crippen molar-refractivity contribution in [3.63, 3.8) is 0 Å². The summed E-state index contributed by atoms with van der Waals surface area (Å²) in [5.41, 5.74) is 1.78. The molecule has 1 aliphatic rings. The second kappa shape index (κ2) is 5.10. The van der Waals surface area contributed by atoms with Gasteiger partial charge < -0.3 is 4.79 Å². The molecule has 1 heterocycles. The van der Waals surface area contributed by atoms with E-state index in [9.17, 15) is 9.59 Å². The fourth-order valence-corrected chi connectivity index (χ4v) is 1.85. The van der Waals surface area contributed by atoms with Gasteiger partial charge >= 0.3 is 0 Å². The molecule has 4 nitrogen and oxygen atoms in total. The Hall–Kier alpha value is -1.68. The largest absolute Gasteiger partial charge is 0.303 e. The number of hydroxylamine groups is 1. The Morgan fingerprint density at radius 1 is 1.53 bits per heavy atom. The number of rotatable bonds is 4. The lowest BCUT2D eigenvalue weighted by Gasteiger charge is -2.16. The zero-order valence-electron chi connectivity index (χ0n) is 9.76. The standard InChI is InChI=1S/C13H15NO3/c1-10(5-7-15)11-3-2-4-12(9-11)14-13(16)6-8-17-14/h2-4,7,9-10H,5-6,8H2,1H3. The van der Waals surface area contributed by atoms with Crippen LogP contribution in [0.15, 0.2) is 24.3 Å². The van der Waals surface area contributed by atoms with Gasteiger partial charge in [-0.15, -0.1) is 0 Å². The van der Waals surface area contributed by atoms with Crippen molar-refractivity contribution in [2.24, 2.45) is 0 Å². The third-order valence-corrected chi connectivity index (χ3v) is 2.89. The molecule has 0 radical (unpaired) electrons. The Bertz CT molecular complexity index is 430. The Morgan fingerprint density at radius 2 is 2.35 bits per heavy atom. The van der Waals surface area contributed by atoms with Crippen LogP contribution in [0.2, 0.25) is 0 Å². The van der Waals surface area contributed by atoms with Crippen molar-refractivity contribution >= 4 is 17.9 Å². The first-order chi connectivity index (χ1) is 8.22. The fraction of sp³-hybridized carbons (Fsp3) is 0.385. The van der Waals surface area contributed by atoms with Crippen molar-refractivity contribution < 1.29 is 14.4 Å². The topological polar surface area (TPSA) is 46.6 Å². The number of amides is 1. The van der Waals surface area contributed by atoms with Gasteiger partial charge in [-0.2, -0.15) is 5.06 Å². The van der Waals surface area contributed by atoms with Crippen LogP contribution in [0.3, 0.4) is 0 Å². The molecule has 1 unspecified atom stereocenters. The summed E-state index contributed by atoms with van der Waals surface area (Å²) in [6, 6.07) is 7.57. The number of nitrogens with zero attached hydrogens (tertiary/aromatic N) is 1. The molecule has 1 aromatic carbocycles. The predicted molar refractivity (Wildman–Crippen MR) is 63.6 cm³/mol. The van der Waals surface area contributed by atoms with Gasteiger partial charge in [-0.3, -0.25) is 9.63 Å². The minimum atomic E-state index is -0.0230. The van der Waals surface area contributed by atoms with Gasteiger partial charge in [-0.05, 0) is 23.6 Å². The molecule has 1 atom stereocenters. The van der Waals surface area contributed by atoms with E-state index in [1.165, 1.54) is 5.06 Å². The van der Waals surface area contributed by atoms with E-state index in [1.807, 2.05) is 31.2 Å². The third kappa shape index (κ3) is 2.53. The van der Waals surface area contributed by atoms with Crippen LogP contribution in [0.5, 0.6) is 0 Å². The SMILES string of the molecule is CC(CC=O)c1cccc(N2OCCC2=O)c1. The van der Waals surface area contributed by atoms with E-state index in [-0.39, 0.29) is 11.8 Å². The van der Waals surface area contributed by atoms with Crippen molar-refractivity contribution in [1.82, 2.24) is 0 Å². The van der Waals surface area contributed by atoms with Crippen molar-refractivity contribution in [3.05, 3.63) is 29.8 Å². The normalized spacial score (nSPS) is 17.2. The van der Waals surface area contributed by atoms with Crippen LogP contribution in [0.4, 0.5) is 5.69 Å². The average Bonchev–Trinajstić information content (AvgIpc) is 2.76. The van der Waals surface area contributed by atoms with E-state index >= 15 is 0 Å². The summed E-state index contributed by atoms with van der Waals surface area (Å²) < 4.78 is 0. The summed E-state index contributed by atoms with van der Waals surface area (Å²) >= 11 is 0. The van der Waals surface area contributed by atoms with Crippen LogP contribution >= 0.6 is 0 Å². The molecule has 2 rings (SSSR count). The Kier molecular flexibility index (Phi) is 3.54. The minimum absolute atomic E-state index is 0.0230. The number of hydrogen-bond acceptors (Lipinski definition) is 3. The molecule has 0 saturated carbocycles. The minimum Gasteiger partial charge on any atom is -0.303 e. The van der Waals surface area contributed by atoms with Gasteiger partial charge in [0.25, 0.3) is 5.91 Å². The van der Waals surface area contributed by atoms with Crippen molar-refractivity contribution in [2.45, 2.75) is 25.7 Å². The maximum atomic E-state index is 11.5. The summed E-state index contributed by atoms with van der Waals surface area (Å²) in [6.07, 6.45) is 1.82. The zero-order valence-corrected chi connectivity index (χ0v) is 9.76. The number of benzene rings is 1. The summed E-state index contributed by atoms with van der Waals surface area (Å²) in [5.74, 6) is 0.135. The number of anilines is 1. The second-order valence-corrected chi connectivity index (χ2v) is 4.17. The maximum Gasteiger partial charge on any atom is 0.253 e. The van der Waals surface area contributed by atoms with Crippen LogP contribution in [-0.4, -0.2) is 18.8 Å². The van der Waals surface area contributed by atoms with Gasteiger partial charge in [0, 0.05) is 6.42 Å². The Labute approximate surface area is 100 Å². The van der Waals surface area contributed by atoms with Gasteiger partial charge in [0.05, 0.1) is 18.7 Å². The second-order valence-electron chi connectivity index (χ2n) is 4.17. The van der Waals surface area contributed by atoms with Crippen LogP contribution < -0.4 is 5.06 Å². The highest BCUT2D eigenvalue weighted by molar-refractivity contribution is 5.92. The van der Waals surface area contributed by atoms with Gasteiger partial charge in [-0.1, -0.05) is 19.1 Å². The first-order valence-corrected chi connectivity index (χ1v) is 5.72. The molecule has 1 fully saturated rings. The van der Waals surface area contributed by atoms with Crippen LogP contribution in [-0.2, 0) is 14.4 Å². The zero-order chi connectivity index (χ0) is 12.3. The van der Waals surface area contributed by atoms with Crippen LogP contribution in [0.1, 0.15) is 31.2 Å². The molecule has 0 N–H and O–H groups in total. The molecule has 4 heteroatoms. The lowest BCUT2D eigenvalue weighted by Crippen LogP contribution is -2.22. The average molecular weight is 233 g/mol. The molecule has 1 aromatic rings. The molecule has 1 saturated heterocycles. The molecule has 0 aromatic heterocycles. The predicted octanol–water partition coefficient (Wildman–Crippen LogP) is 2.05. The highest BCUT2D eigenvalue weighted by atomic mass is 16.7. The van der Waals surface area contributed by atoms with Gasteiger partial charge in [0.2, 0.25) is 0 Å². The highest BCUT2D eigenvalue weighted by Crippen LogP contribution is 2.25. The number of hydrogen-bond donors (Lipinski definition) is 0. The van der Waals surface area contributed by atoms with E-state index in [0.29, 0.717) is 19.4 Å². The summed E-state index contributed by atoms with van der Waals surface area (Å²) in [4.78, 5) is 27.3. The van der Waals surface area contributed by atoms with E-state index in [1.54, 1.807) is 0 Å². The van der Waals surface area contributed by atoms with Gasteiger partial charge in [0.15, 0.2) is 0 Å². The molecule has 1 aliphatic heterocycles. The van der Waals surface area contributed by atoms with Gasteiger partial charge in [0.1, 0.15) is 6.29 Å². The molecular weight excluding hydrogens is 218 g/mol. The molecular formula is C13H15NO3. The van der Waals surface area contributed by atoms with E-state index in [4.69, 9.17) is 4.84 Å². The molecule has 0 bridgehead atoms. The van der Waals surface area contributed by atoms with Crippen molar-refractivity contribution in [2.75, 3.05) is 11.7 Å². The molecule has 1 amide bonds. The quantitative estimate of drug-likeness (QED) is 0.748. The van der Waals surface area contributed by atoms with Gasteiger partial charge in [-0.25, -0.2) is 0 Å². The van der Waals surface area contributed by atoms with Crippen molar-refractivity contribution in [3.8, 4) is 0 Å². The first-order valence-electron chi connectivity index (χ1n) is 5.72. The number of aldehydes is 1. The molecule has 17 heavy (non-hydrogen) atoms. The summed E-state index contributed by atoms with van der Waals surface area (Å²) in [6.45, 7) is 2.42. The molecule has 90 valence electrons. The van der Waals surface area contributed by atoms with E-state index in [2.05, 4.69) is 0 Å². The van der Waals surface area contributed by atoms with Crippen molar-refractivity contribution in [1.29, 1.82) is 0 Å². The summed E-state index contributed by atoms with van der Waals surface area (Å²) in [5, 5.41) is 1.33. The smallest absolute Gasteiger partial charge is 0.253 e. The number of carbonyl (C=O) groups is 2. The van der Waals surface area contributed by atoms with E-state index in [0.717, 1.165) is 17.5 Å². The molecule has 0 aliphatic carbocycles. The Morgan fingerprint density at radius 3 is 3.00 bits per heavy atom. The third-order valence-electron chi connectivity index (χ3n) is 2.89. The first kappa shape index (κ1) is 11.8. The lowest BCUT2D eigenvalue weighted by molar-refractivity contribution is -0.119. The monoisotopic (exact) mass is 233 g/mol. The number of carbonyl (C=O) groups excluding carboxylic acids is 2. The molecule has 0 spiro atoms. The lowest BCUT2D eigenvalue weighted by atomic mass is 9.98. The highest BCUT2D eigenvalue weighted by Gasteiger charge is 2.23. The van der Waals surface area contributed by atoms with Crippen LogP contribution in [0, 0.1) is 0 Å². The Balaban J connectivity index is 2.21. The van der Waals surface area contributed by atoms with E-state index < -0.39 is 0 Å².